The molecule has 4 rings (SSSR count). The molecule has 144 valence electrons. The first-order valence-corrected chi connectivity index (χ1v) is 11.4. The number of likely N-dealkylation sites (tertiary alicyclic amines) is 1. The highest BCUT2D eigenvalue weighted by Crippen LogP contribution is 2.40. The normalized spacial score (nSPS) is 30.9. The Hall–Kier alpha value is -1.11. The second kappa shape index (κ2) is 7.49. The Kier molecular flexibility index (Phi) is 5.26. The van der Waals surface area contributed by atoms with Crippen molar-refractivity contribution in [2.45, 2.75) is 49.5 Å². The van der Waals surface area contributed by atoms with Crippen LogP contribution in [0.2, 0.25) is 0 Å². The Balaban J connectivity index is 1.54. The van der Waals surface area contributed by atoms with E-state index >= 15 is 0 Å². The lowest BCUT2D eigenvalue weighted by atomic mass is 9.73. The van der Waals surface area contributed by atoms with Crippen LogP contribution in [0.5, 0.6) is 5.75 Å². The van der Waals surface area contributed by atoms with Crippen molar-refractivity contribution in [2.75, 3.05) is 33.3 Å². The van der Waals surface area contributed by atoms with Crippen LogP contribution in [-0.4, -0.2) is 57.0 Å². The number of piperidine rings is 2. The first-order chi connectivity index (χ1) is 12.6. The molecule has 2 saturated heterocycles. The maximum absolute atomic E-state index is 13.2. The van der Waals surface area contributed by atoms with Crippen molar-refractivity contribution in [2.24, 2.45) is 11.8 Å². The van der Waals surface area contributed by atoms with Crippen molar-refractivity contribution in [1.82, 2.24) is 9.21 Å². The van der Waals surface area contributed by atoms with Crippen molar-refractivity contribution >= 4 is 10.0 Å². The zero-order chi connectivity index (χ0) is 18.1. The second-order valence-corrected chi connectivity index (χ2v) is 9.97. The first kappa shape index (κ1) is 18.3. The Morgan fingerprint density at radius 3 is 2.12 bits per heavy atom. The number of methoxy groups -OCH3 is 1. The molecule has 0 amide bonds. The molecule has 3 atom stereocenters. The fourth-order valence-corrected chi connectivity index (χ4v) is 6.82. The highest BCUT2D eigenvalue weighted by Gasteiger charge is 2.45. The van der Waals surface area contributed by atoms with Crippen LogP contribution in [0.25, 0.3) is 0 Å². The Morgan fingerprint density at radius 1 is 0.923 bits per heavy atom. The predicted octanol–water partition coefficient (Wildman–Crippen LogP) is 2.97. The molecule has 1 aromatic carbocycles. The minimum absolute atomic E-state index is 0.382. The first-order valence-electron chi connectivity index (χ1n) is 9.98. The van der Waals surface area contributed by atoms with Crippen molar-refractivity contribution in [3.05, 3.63) is 24.3 Å². The Labute approximate surface area is 157 Å². The summed E-state index contributed by atoms with van der Waals surface area (Å²) >= 11 is 0. The molecular weight excluding hydrogens is 348 g/mol. The number of nitrogens with zero attached hydrogens (tertiary/aromatic N) is 2. The molecule has 0 aromatic heterocycles. The van der Waals surface area contributed by atoms with Crippen LogP contribution in [-0.2, 0) is 10.0 Å². The largest absolute Gasteiger partial charge is 0.497 e. The topological polar surface area (TPSA) is 49.9 Å². The summed E-state index contributed by atoms with van der Waals surface area (Å²) < 4.78 is 33.3. The molecule has 0 N–H and O–H groups in total. The van der Waals surface area contributed by atoms with Crippen LogP contribution in [0.1, 0.15) is 38.5 Å². The zero-order valence-corrected chi connectivity index (χ0v) is 16.5. The average Bonchev–Trinajstić information content (AvgIpc) is 2.67. The van der Waals surface area contributed by atoms with E-state index in [1.807, 2.05) is 0 Å². The van der Waals surface area contributed by atoms with Gasteiger partial charge >= 0.3 is 0 Å². The van der Waals surface area contributed by atoms with E-state index in [-0.39, 0.29) is 0 Å². The van der Waals surface area contributed by atoms with Gasteiger partial charge in [-0.3, -0.25) is 4.90 Å². The monoisotopic (exact) mass is 378 g/mol. The molecule has 1 unspecified atom stereocenters. The lowest BCUT2D eigenvalue weighted by molar-refractivity contribution is -0.00311. The third-order valence-electron chi connectivity index (χ3n) is 6.50. The maximum Gasteiger partial charge on any atom is 0.243 e. The smallest absolute Gasteiger partial charge is 0.243 e. The second-order valence-electron chi connectivity index (χ2n) is 8.04. The summed E-state index contributed by atoms with van der Waals surface area (Å²) in [5.41, 5.74) is 0. The summed E-state index contributed by atoms with van der Waals surface area (Å²) in [4.78, 5) is 3.06. The molecule has 1 aromatic rings. The van der Waals surface area contributed by atoms with Gasteiger partial charge in [-0.15, -0.1) is 0 Å². The van der Waals surface area contributed by atoms with E-state index in [1.165, 1.54) is 38.8 Å². The van der Waals surface area contributed by atoms with E-state index in [1.54, 1.807) is 35.7 Å². The molecule has 3 aliphatic rings. The summed E-state index contributed by atoms with van der Waals surface area (Å²) in [6, 6.07) is 7.38. The third kappa shape index (κ3) is 3.39. The predicted molar refractivity (Wildman–Crippen MR) is 102 cm³/mol. The van der Waals surface area contributed by atoms with Crippen molar-refractivity contribution in [3.8, 4) is 5.75 Å². The molecule has 26 heavy (non-hydrogen) atoms. The highest BCUT2D eigenvalue weighted by atomic mass is 32.2. The van der Waals surface area contributed by atoms with Gasteiger partial charge in [-0.2, -0.15) is 4.31 Å². The van der Waals surface area contributed by atoms with Gasteiger partial charge in [0, 0.05) is 19.1 Å². The summed E-state index contributed by atoms with van der Waals surface area (Å²) in [7, 11) is -1.83. The van der Waals surface area contributed by atoms with Gasteiger partial charge in [0.2, 0.25) is 10.0 Å². The van der Waals surface area contributed by atoms with Crippen LogP contribution in [0, 0.1) is 11.8 Å². The lowest BCUT2D eigenvalue weighted by Gasteiger charge is -2.52. The van der Waals surface area contributed by atoms with Gasteiger partial charge in [-0.1, -0.05) is 12.8 Å². The van der Waals surface area contributed by atoms with E-state index in [9.17, 15) is 8.42 Å². The van der Waals surface area contributed by atoms with Gasteiger partial charge in [0.1, 0.15) is 5.75 Å². The van der Waals surface area contributed by atoms with Crippen LogP contribution in [0.15, 0.2) is 29.2 Å². The Bertz CT molecular complexity index is 699. The number of hydrogen-bond donors (Lipinski definition) is 0. The molecule has 5 nitrogen and oxygen atoms in total. The van der Waals surface area contributed by atoms with Crippen LogP contribution in [0.4, 0.5) is 0 Å². The molecule has 6 heteroatoms. The number of hydrogen-bond acceptors (Lipinski definition) is 4. The molecule has 1 saturated carbocycles. The van der Waals surface area contributed by atoms with Gasteiger partial charge in [-0.05, 0) is 74.9 Å². The number of benzene rings is 1. The van der Waals surface area contributed by atoms with Crippen LogP contribution < -0.4 is 4.74 Å². The van der Waals surface area contributed by atoms with Crippen molar-refractivity contribution in [1.29, 1.82) is 0 Å². The van der Waals surface area contributed by atoms with E-state index in [0.29, 0.717) is 41.6 Å². The molecule has 3 fully saturated rings. The van der Waals surface area contributed by atoms with Crippen molar-refractivity contribution in [3.63, 3.8) is 0 Å². The molecule has 0 spiro atoms. The average molecular weight is 379 g/mol. The van der Waals surface area contributed by atoms with Crippen LogP contribution in [0.3, 0.4) is 0 Å². The molecule has 0 radical (unpaired) electrons. The molecule has 2 aliphatic heterocycles. The van der Waals surface area contributed by atoms with Gasteiger partial charge in [-0.25, -0.2) is 8.42 Å². The molecule has 2 heterocycles. The zero-order valence-electron chi connectivity index (χ0n) is 15.6. The standard InChI is InChI=1S/C20H30N2O3S/c1-25-18-8-10-19(11-9-18)26(23,24)22-14-16-6-5-7-17(15-22)20(16)21-12-3-2-4-13-21/h8-11,16-17,20H,2-7,12-15H2,1H3/t16-,17+,20?. The van der Waals surface area contributed by atoms with E-state index < -0.39 is 10.0 Å². The SMILES string of the molecule is COc1ccc(S(=O)(=O)N2C[C@H]3CCC[C@@H](C2)C3N2CCCCC2)cc1. The number of rotatable bonds is 4. The summed E-state index contributed by atoms with van der Waals surface area (Å²) in [6.07, 6.45) is 7.50. The minimum Gasteiger partial charge on any atom is -0.497 e. The van der Waals surface area contributed by atoms with Gasteiger partial charge in [0.25, 0.3) is 0 Å². The number of ether oxygens (including phenoxy) is 1. The maximum atomic E-state index is 13.2. The summed E-state index contributed by atoms with van der Waals surface area (Å²) in [6.45, 7) is 3.74. The van der Waals surface area contributed by atoms with Crippen LogP contribution >= 0.6 is 0 Å². The summed E-state index contributed by atoms with van der Waals surface area (Å²) in [5.74, 6) is 1.65. The van der Waals surface area contributed by atoms with Gasteiger partial charge in [0.05, 0.1) is 12.0 Å². The lowest BCUT2D eigenvalue weighted by Crippen LogP contribution is -2.59. The molecule has 1 aliphatic carbocycles. The molecular formula is C20H30N2O3S. The van der Waals surface area contributed by atoms with Gasteiger partial charge < -0.3 is 4.74 Å². The molecule has 2 bridgehead atoms. The summed E-state index contributed by atoms with van der Waals surface area (Å²) in [5, 5.41) is 0. The number of fused-ring (bicyclic) bond motifs is 2. The fraction of sp³-hybridized carbons (Fsp3) is 0.700. The minimum atomic E-state index is -3.42. The third-order valence-corrected chi connectivity index (χ3v) is 8.35. The van der Waals surface area contributed by atoms with E-state index in [4.69, 9.17) is 4.74 Å². The Morgan fingerprint density at radius 2 is 1.54 bits per heavy atom. The number of sulfonamides is 1. The van der Waals surface area contributed by atoms with E-state index in [2.05, 4.69) is 4.90 Å². The van der Waals surface area contributed by atoms with Gasteiger partial charge in [0.15, 0.2) is 0 Å². The fourth-order valence-electron chi connectivity index (χ4n) is 5.27. The van der Waals surface area contributed by atoms with E-state index in [0.717, 1.165) is 12.8 Å². The quantitative estimate of drug-likeness (QED) is 0.808. The van der Waals surface area contributed by atoms with Crippen molar-refractivity contribution < 1.29 is 13.2 Å². The highest BCUT2D eigenvalue weighted by molar-refractivity contribution is 7.89.